The Bertz CT molecular complexity index is 1300. The van der Waals surface area contributed by atoms with Gasteiger partial charge in [-0.25, -0.2) is 18.5 Å². The van der Waals surface area contributed by atoms with Crippen LogP contribution in [0.5, 0.6) is 0 Å². The molecule has 37 heavy (non-hydrogen) atoms. The highest BCUT2D eigenvalue weighted by Gasteiger charge is 2.41. The number of nitrogens with zero attached hydrogens (tertiary/aromatic N) is 2. The van der Waals surface area contributed by atoms with Gasteiger partial charge in [0.1, 0.15) is 18.2 Å². The first-order chi connectivity index (χ1) is 17.2. The van der Waals surface area contributed by atoms with Gasteiger partial charge in [-0.1, -0.05) is 17.9 Å². The number of hydrogen-bond donors (Lipinski definition) is 6. The van der Waals surface area contributed by atoms with Crippen LogP contribution >= 0.6 is 23.5 Å². The second-order valence-corrected chi connectivity index (χ2v) is 11.1. The fourth-order valence-corrected chi connectivity index (χ4v) is 5.55. The standard InChI is InChI=1S/C16H23N4O14P3/c1-2-6-29-10-30-12-7-14(20-8-11(4-3-5-17)15(18)19-16(20)21)32-13(12)9-31-36(25,26)34-37(27,28)33-35(22,23)24/h2,8,14H,1,5-7,9-10,17H2,(H,25,26)(H,27,28)(H2,18,19,21)(H2,22,23,24)/t14-/m1/s1. The predicted octanol–water partition coefficient (Wildman–Crippen LogP) is -0.214. The largest absolute Gasteiger partial charge is 0.490 e. The van der Waals surface area contributed by atoms with Crippen LogP contribution in [0.3, 0.4) is 0 Å². The van der Waals surface area contributed by atoms with Gasteiger partial charge in [-0.15, -0.1) is 6.58 Å². The molecule has 0 amide bonds. The predicted molar refractivity (Wildman–Crippen MR) is 123 cm³/mol. The van der Waals surface area contributed by atoms with Crippen LogP contribution in [0.4, 0.5) is 5.82 Å². The first-order valence-corrected chi connectivity index (χ1v) is 14.2. The molecule has 21 heteroatoms. The van der Waals surface area contributed by atoms with E-state index in [1.807, 2.05) is 0 Å². The minimum atomic E-state index is -5.73. The molecule has 0 saturated carbocycles. The lowest BCUT2D eigenvalue weighted by atomic mass is 10.3. The lowest BCUT2D eigenvalue weighted by Gasteiger charge is -2.18. The van der Waals surface area contributed by atoms with Crippen molar-refractivity contribution in [3.8, 4) is 11.8 Å². The lowest BCUT2D eigenvalue weighted by molar-refractivity contribution is -0.0145. The first kappa shape index (κ1) is 30.9. The number of phosphoric acid groups is 3. The Kier molecular flexibility index (Phi) is 10.8. The third-order valence-electron chi connectivity index (χ3n) is 3.89. The van der Waals surface area contributed by atoms with Crippen LogP contribution in [0.25, 0.3) is 0 Å². The first-order valence-electron chi connectivity index (χ1n) is 9.72. The van der Waals surface area contributed by atoms with Crippen molar-refractivity contribution in [3.05, 3.63) is 46.4 Å². The van der Waals surface area contributed by atoms with Gasteiger partial charge in [0.05, 0.1) is 25.1 Å². The summed E-state index contributed by atoms with van der Waals surface area (Å²) < 4.78 is 63.3. The van der Waals surface area contributed by atoms with E-state index < -0.39 is 42.0 Å². The number of anilines is 1. The summed E-state index contributed by atoms with van der Waals surface area (Å²) in [5.74, 6) is 4.74. The van der Waals surface area contributed by atoms with Gasteiger partial charge in [-0.3, -0.25) is 9.09 Å². The summed E-state index contributed by atoms with van der Waals surface area (Å²) in [4.78, 5) is 52.2. The van der Waals surface area contributed by atoms with Crippen LogP contribution < -0.4 is 17.2 Å². The second kappa shape index (κ2) is 12.9. The monoisotopic (exact) mass is 588 g/mol. The van der Waals surface area contributed by atoms with Crippen molar-refractivity contribution in [1.29, 1.82) is 0 Å². The Morgan fingerprint density at radius 1 is 1.24 bits per heavy atom. The summed E-state index contributed by atoms with van der Waals surface area (Å²) in [5.41, 5.74) is 10.4. The molecule has 0 aliphatic carbocycles. The molecule has 1 aliphatic heterocycles. The smallest absolute Gasteiger partial charge is 0.468 e. The van der Waals surface area contributed by atoms with Crippen molar-refractivity contribution in [2.75, 3.05) is 32.3 Å². The summed E-state index contributed by atoms with van der Waals surface area (Å²) >= 11 is 0. The molecule has 0 fully saturated rings. The topological polar surface area (TPSA) is 274 Å². The molecule has 2 heterocycles. The van der Waals surface area contributed by atoms with Gasteiger partial charge in [-0.2, -0.15) is 13.6 Å². The van der Waals surface area contributed by atoms with Crippen LogP contribution in [-0.2, 0) is 41.1 Å². The Labute approximate surface area is 208 Å². The average molecular weight is 588 g/mol. The number of nitrogens with two attached hydrogens (primary N) is 2. The SMILES string of the molecule is C=CCOCOC1=C(COP(=O)(O)OP(=O)(O)OP(=O)(O)O)O[C@@H](n2cc(C#CCN)c(N)nc2=O)C1. The Balaban J connectivity index is 2.24. The number of rotatable bonds is 13. The molecule has 0 spiro atoms. The van der Waals surface area contributed by atoms with Crippen LogP contribution in [0.15, 0.2) is 35.2 Å². The molecule has 18 nitrogen and oxygen atoms in total. The van der Waals surface area contributed by atoms with Gasteiger partial charge in [0, 0.05) is 6.20 Å². The molecule has 1 aromatic heterocycles. The Morgan fingerprint density at radius 2 is 1.95 bits per heavy atom. The van der Waals surface area contributed by atoms with E-state index in [-0.39, 0.29) is 49.3 Å². The van der Waals surface area contributed by atoms with Crippen molar-refractivity contribution in [2.24, 2.45) is 5.73 Å². The van der Waals surface area contributed by atoms with E-state index in [1.54, 1.807) is 0 Å². The third kappa shape index (κ3) is 10.1. The summed E-state index contributed by atoms with van der Waals surface area (Å²) in [5, 5.41) is 0. The molecule has 2 rings (SSSR count). The van der Waals surface area contributed by atoms with E-state index >= 15 is 0 Å². The Morgan fingerprint density at radius 3 is 2.57 bits per heavy atom. The summed E-state index contributed by atoms with van der Waals surface area (Å²) in [6.07, 6.45) is 1.40. The number of hydrogen-bond acceptors (Lipinski definition) is 13. The molecule has 8 N–H and O–H groups in total. The highest BCUT2D eigenvalue weighted by Crippen LogP contribution is 2.66. The minimum Gasteiger partial charge on any atom is -0.468 e. The van der Waals surface area contributed by atoms with E-state index in [2.05, 4.69) is 36.5 Å². The normalized spacial score (nSPS) is 18.8. The van der Waals surface area contributed by atoms with Crippen LogP contribution in [0, 0.1) is 11.8 Å². The summed E-state index contributed by atoms with van der Waals surface area (Å²) in [7, 11) is -16.8. The maximum Gasteiger partial charge on any atom is 0.490 e. The lowest BCUT2D eigenvalue weighted by Crippen LogP contribution is -2.28. The van der Waals surface area contributed by atoms with Crippen LogP contribution in [-0.4, -0.2) is 55.7 Å². The molecule has 0 bridgehead atoms. The quantitative estimate of drug-likeness (QED) is 0.0571. The van der Waals surface area contributed by atoms with Gasteiger partial charge in [0.25, 0.3) is 0 Å². The molecule has 2 unspecified atom stereocenters. The van der Waals surface area contributed by atoms with E-state index in [0.717, 1.165) is 4.57 Å². The van der Waals surface area contributed by atoms with Gasteiger partial charge in [0.15, 0.2) is 18.8 Å². The molecule has 0 saturated heterocycles. The van der Waals surface area contributed by atoms with E-state index in [0.29, 0.717) is 0 Å². The molecule has 0 aromatic carbocycles. The minimum absolute atomic E-state index is 0.00743. The molecule has 0 radical (unpaired) electrons. The third-order valence-corrected chi connectivity index (χ3v) is 7.68. The van der Waals surface area contributed by atoms with E-state index in [1.165, 1.54) is 12.3 Å². The number of phosphoric ester groups is 1. The Hall–Kier alpha value is -2.35. The average Bonchev–Trinajstić information content (AvgIpc) is 3.15. The fourth-order valence-electron chi connectivity index (χ4n) is 2.57. The van der Waals surface area contributed by atoms with Crippen LogP contribution in [0.2, 0.25) is 0 Å². The second-order valence-electron chi connectivity index (χ2n) is 6.64. The highest BCUT2D eigenvalue weighted by molar-refractivity contribution is 7.66. The van der Waals surface area contributed by atoms with Gasteiger partial charge >= 0.3 is 29.2 Å². The van der Waals surface area contributed by atoms with Crippen molar-refractivity contribution in [1.82, 2.24) is 9.55 Å². The molecule has 1 aliphatic rings. The molecular weight excluding hydrogens is 565 g/mol. The van der Waals surface area contributed by atoms with Crippen LogP contribution in [0.1, 0.15) is 18.2 Å². The number of nitrogen functional groups attached to an aromatic ring is 1. The zero-order valence-corrected chi connectivity index (χ0v) is 21.4. The maximum absolute atomic E-state index is 12.4. The van der Waals surface area contributed by atoms with Gasteiger partial charge < -0.3 is 45.3 Å². The zero-order chi connectivity index (χ0) is 27.9. The number of aromatic nitrogens is 2. The van der Waals surface area contributed by atoms with Crippen molar-refractivity contribution in [2.45, 2.75) is 12.6 Å². The molecule has 1 aromatic rings. The molecule has 206 valence electrons. The van der Waals surface area contributed by atoms with E-state index in [9.17, 15) is 28.3 Å². The van der Waals surface area contributed by atoms with Gasteiger partial charge in [-0.05, 0) is 0 Å². The maximum atomic E-state index is 12.4. The van der Waals surface area contributed by atoms with Crippen molar-refractivity contribution < 1.29 is 60.6 Å². The van der Waals surface area contributed by atoms with Crippen molar-refractivity contribution in [3.63, 3.8) is 0 Å². The highest BCUT2D eigenvalue weighted by atomic mass is 31.3. The van der Waals surface area contributed by atoms with E-state index in [4.69, 9.17) is 35.5 Å². The molecule has 3 atom stereocenters. The summed E-state index contributed by atoms with van der Waals surface area (Å²) in [6, 6.07) is 0. The van der Waals surface area contributed by atoms with Crippen molar-refractivity contribution >= 4 is 29.3 Å². The number of ether oxygens (including phenoxy) is 3. The molecular formula is C16H23N4O14P3. The fraction of sp³-hybridized carbons (Fsp3) is 0.375. The summed E-state index contributed by atoms with van der Waals surface area (Å²) in [6.45, 7) is 2.31. The zero-order valence-electron chi connectivity index (χ0n) is 18.7. The van der Waals surface area contributed by atoms with Gasteiger partial charge in [0.2, 0.25) is 0 Å².